The van der Waals surface area contributed by atoms with Gasteiger partial charge in [0.05, 0.1) is 16.8 Å². The van der Waals surface area contributed by atoms with E-state index in [1.165, 1.54) is 6.07 Å². The molecule has 2 unspecified atom stereocenters. The van der Waals surface area contributed by atoms with Gasteiger partial charge in [0.25, 0.3) is 11.8 Å². The van der Waals surface area contributed by atoms with Crippen LogP contribution in [0.2, 0.25) is 0 Å². The quantitative estimate of drug-likeness (QED) is 0.357. The molecule has 3 aliphatic heterocycles. The first-order chi connectivity index (χ1) is 16.4. The van der Waals surface area contributed by atoms with Crippen molar-refractivity contribution in [2.75, 3.05) is 18.4 Å². The molecule has 2 atom stereocenters. The highest BCUT2D eigenvalue weighted by molar-refractivity contribution is 6.25. The largest absolute Gasteiger partial charge is 0.490 e. The number of anilines is 1. The number of carboxylic acids is 1. The maximum absolute atomic E-state index is 14.5. The SMILES string of the molecule is O=C(O)C(F)(F)F.O=C1CCC(N2C(=O)c3ccc(F)c(NCC4CCCCN4)c3C2=O)C(=O)N1. The minimum Gasteiger partial charge on any atom is -0.475 e. The first-order valence-corrected chi connectivity index (χ1v) is 10.7. The number of aliphatic carboxylic acids is 1. The van der Waals surface area contributed by atoms with Crippen molar-refractivity contribution < 1.29 is 46.6 Å². The van der Waals surface area contributed by atoms with Crippen LogP contribution >= 0.6 is 0 Å². The highest BCUT2D eigenvalue weighted by Gasteiger charge is 2.46. The summed E-state index contributed by atoms with van der Waals surface area (Å²) in [6.07, 6.45) is -1.86. The molecular formula is C21H22F4N4O6. The molecule has 190 valence electrons. The van der Waals surface area contributed by atoms with Gasteiger partial charge in [0.15, 0.2) is 0 Å². The van der Waals surface area contributed by atoms with Gasteiger partial charge in [0.2, 0.25) is 11.8 Å². The number of rotatable bonds is 4. The van der Waals surface area contributed by atoms with Crippen molar-refractivity contribution in [2.24, 2.45) is 0 Å². The van der Waals surface area contributed by atoms with Crippen LogP contribution in [0.3, 0.4) is 0 Å². The third-order valence-electron chi connectivity index (χ3n) is 5.74. The summed E-state index contributed by atoms with van der Waals surface area (Å²) >= 11 is 0. The lowest BCUT2D eigenvalue weighted by molar-refractivity contribution is -0.192. The van der Waals surface area contributed by atoms with Gasteiger partial charge in [-0.2, -0.15) is 13.2 Å². The predicted molar refractivity (Wildman–Crippen MR) is 111 cm³/mol. The van der Waals surface area contributed by atoms with E-state index in [0.29, 0.717) is 6.54 Å². The van der Waals surface area contributed by atoms with E-state index >= 15 is 0 Å². The van der Waals surface area contributed by atoms with Crippen LogP contribution in [0.25, 0.3) is 0 Å². The summed E-state index contributed by atoms with van der Waals surface area (Å²) in [5, 5.41) is 15.6. The smallest absolute Gasteiger partial charge is 0.475 e. The zero-order valence-electron chi connectivity index (χ0n) is 18.2. The second-order valence-electron chi connectivity index (χ2n) is 8.12. The van der Waals surface area contributed by atoms with Crippen molar-refractivity contribution in [3.8, 4) is 0 Å². The monoisotopic (exact) mass is 502 g/mol. The summed E-state index contributed by atoms with van der Waals surface area (Å²) in [5.41, 5.74) is -0.00118. The molecule has 0 radical (unpaired) electrons. The van der Waals surface area contributed by atoms with Crippen molar-refractivity contribution in [1.82, 2.24) is 15.5 Å². The van der Waals surface area contributed by atoms with E-state index in [1.54, 1.807) is 0 Å². The molecule has 1 aromatic carbocycles. The topological polar surface area (TPSA) is 145 Å². The summed E-state index contributed by atoms with van der Waals surface area (Å²) in [7, 11) is 0. The normalized spacial score (nSPS) is 22.2. The molecule has 10 nitrogen and oxygen atoms in total. The molecule has 0 saturated carbocycles. The number of carbonyl (C=O) groups is 5. The van der Waals surface area contributed by atoms with Gasteiger partial charge in [0.1, 0.15) is 11.9 Å². The van der Waals surface area contributed by atoms with Crippen LogP contribution in [0, 0.1) is 5.82 Å². The molecule has 35 heavy (non-hydrogen) atoms. The number of hydrogen-bond donors (Lipinski definition) is 4. The fraction of sp³-hybridized carbons (Fsp3) is 0.476. The lowest BCUT2D eigenvalue weighted by atomic mass is 10.0. The Hall–Kier alpha value is -3.55. The molecule has 1 aromatic rings. The van der Waals surface area contributed by atoms with Gasteiger partial charge in [-0.3, -0.25) is 29.4 Å². The second kappa shape index (κ2) is 10.4. The molecule has 0 aliphatic carbocycles. The Morgan fingerprint density at radius 3 is 2.37 bits per heavy atom. The first-order valence-electron chi connectivity index (χ1n) is 10.7. The van der Waals surface area contributed by atoms with Crippen molar-refractivity contribution in [3.63, 3.8) is 0 Å². The number of nitrogens with one attached hydrogen (secondary N) is 3. The van der Waals surface area contributed by atoms with Crippen molar-refractivity contribution in [1.29, 1.82) is 0 Å². The maximum Gasteiger partial charge on any atom is 0.490 e. The van der Waals surface area contributed by atoms with Crippen LogP contribution in [0.4, 0.5) is 23.2 Å². The van der Waals surface area contributed by atoms with Gasteiger partial charge in [-0.25, -0.2) is 9.18 Å². The summed E-state index contributed by atoms with van der Waals surface area (Å²) < 4.78 is 46.2. The Morgan fingerprint density at radius 1 is 1.11 bits per heavy atom. The molecular weight excluding hydrogens is 480 g/mol. The molecule has 2 saturated heterocycles. The van der Waals surface area contributed by atoms with Crippen LogP contribution < -0.4 is 16.0 Å². The molecule has 0 spiro atoms. The molecule has 4 N–H and O–H groups in total. The molecule has 3 aliphatic rings. The Labute approximate surface area is 196 Å². The summed E-state index contributed by atoms with van der Waals surface area (Å²) in [5.74, 6) is -5.87. The number of alkyl halides is 3. The summed E-state index contributed by atoms with van der Waals surface area (Å²) in [6, 6.07) is 1.50. The predicted octanol–water partition coefficient (Wildman–Crippen LogP) is 1.41. The molecule has 3 heterocycles. The number of piperidine rings is 2. The highest BCUT2D eigenvalue weighted by atomic mass is 19.4. The van der Waals surface area contributed by atoms with Crippen molar-refractivity contribution >= 4 is 35.3 Å². The molecule has 4 amide bonds. The Bertz CT molecular complexity index is 1050. The van der Waals surface area contributed by atoms with E-state index < -0.39 is 47.6 Å². The molecule has 0 bridgehead atoms. The lowest BCUT2D eigenvalue weighted by Crippen LogP contribution is -2.54. The number of imide groups is 2. The highest BCUT2D eigenvalue weighted by Crippen LogP contribution is 2.34. The van der Waals surface area contributed by atoms with Gasteiger partial charge in [-0.15, -0.1) is 0 Å². The molecule has 4 rings (SSSR count). The Balaban J connectivity index is 0.000000429. The minimum atomic E-state index is -5.08. The number of hydrogen-bond acceptors (Lipinski definition) is 7. The Morgan fingerprint density at radius 2 is 1.80 bits per heavy atom. The molecule has 14 heteroatoms. The van der Waals surface area contributed by atoms with E-state index in [-0.39, 0.29) is 35.7 Å². The maximum atomic E-state index is 14.5. The van der Waals surface area contributed by atoms with Crippen molar-refractivity contribution in [3.05, 3.63) is 29.1 Å². The minimum absolute atomic E-state index is 0.0157. The average molecular weight is 502 g/mol. The van der Waals surface area contributed by atoms with Crippen LogP contribution in [0.1, 0.15) is 52.8 Å². The summed E-state index contributed by atoms with van der Waals surface area (Å²) in [4.78, 5) is 59.0. The zero-order valence-corrected chi connectivity index (χ0v) is 18.2. The number of carboxylic acid groups (broad SMARTS) is 1. The number of fused-ring (bicyclic) bond motifs is 1. The van der Waals surface area contributed by atoms with Crippen LogP contribution in [-0.4, -0.2) is 71.0 Å². The van der Waals surface area contributed by atoms with Gasteiger partial charge in [-0.05, 0) is 37.9 Å². The summed E-state index contributed by atoms with van der Waals surface area (Å²) in [6.45, 7) is 1.32. The van der Waals surface area contributed by atoms with E-state index in [4.69, 9.17) is 9.90 Å². The van der Waals surface area contributed by atoms with Gasteiger partial charge < -0.3 is 15.7 Å². The van der Waals surface area contributed by atoms with Crippen molar-refractivity contribution in [2.45, 2.75) is 50.4 Å². The van der Waals surface area contributed by atoms with Crippen LogP contribution in [-0.2, 0) is 14.4 Å². The number of carbonyl (C=O) groups excluding carboxylic acids is 4. The van der Waals surface area contributed by atoms with Gasteiger partial charge in [-0.1, -0.05) is 6.42 Å². The second-order valence-corrected chi connectivity index (χ2v) is 8.12. The van der Waals surface area contributed by atoms with Crippen LogP contribution in [0.5, 0.6) is 0 Å². The third kappa shape index (κ3) is 5.75. The third-order valence-corrected chi connectivity index (χ3v) is 5.74. The van der Waals surface area contributed by atoms with E-state index in [2.05, 4.69) is 16.0 Å². The van der Waals surface area contributed by atoms with E-state index in [1.807, 2.05) is 0 Å². The fourth-order valence-electron chi connectivity index (χ4n) is 4.03. The standard InChI is InChI=1S/C19H21FN4O4.C2HF3O2/c20-12-5-4-11-15(16(12)22-9-10-3-1-2-8-21-10)19(28)24(18(11)27)13-6-7-14(25)23-17(13)26;3-2(4,5)1(6)7/h4-5,10,13,21-22H,1-3,6-9H2,(H,23,25,26);(H,6,7). The fourth-order valence-corrected chi connectivity index (χ4v) is 4.03. The average Bonchev–Trinajstić information content (AvgIpc) is 3.04. The van der Waals surface area contributed by atoms with Gasteiger partial charge in [0, 0.05) is 19.0 Å². The van der Waals surface area contributed by atoms with Crippen LogP contribution in [0.15, 0.2) is 12.1 Å². The molecule has 0 aromatic heterocycles. The Kier molecular flexibility index (Phi) is 7.73. The van der Waals surface area contributed by atoms with Gasteiger partial charge >= 0.3 is 12.1 Å². The lowest BCUT2D eigenvalue weighted by Gasteiger charge is -2.28. The number of benzene rings is 1. The van der Waals surface area contributed by atoms with E-state index in [9.17, 15) is 36.7 Å². The zero-order chi connectivity index (χ0) is 25.9. The number of nitrogens with zero attached hydrogens (tertiary/aromatic N) is 1. The molecule has 2 fully saturated rings. The van der Waals surface area contributed by atoms with E-state index in [0.717, 1.165) is 36.8 Å². The first kappa shape index (κ1) is 26.1. The number of halogens is 4. The number of amides is 4.